The summed E-state index contributed by atoms with van der Waals surface area (Å²) in [4.78, 5) is 9.37. The molecule has 4 heteroatoms. The third-order valence-electron chi connectivity index (χ3n) is 10.2. The van der Waals surface area contributed by atoms with E-state index in [2.05, 4.69) is 94.1 Å². The van der Waals surface area contributed by atoms with Crippen molar-refractivity contribution in [3.8, 4) is 5.69 Å². The summed E-state index contributed by atoms with van der Waals surface area (Å²) >= 11 is 0. The maximum absolute atomic E-state index is 4.75. The van der Waals surface area contributed by atoms with E-state index in [1.165, 1.54) is 55.2 Å². The Kier molecular flexibility index (Phi) is 4.35. The van der Waals surface area contributed by atoms with Crippen molar-refractivity contribution in [1.29, 1.82) is 0 Å². The zero-order valence-corrected chi connectivity index (χ0v) is 20.8. The second-order valence-electron chi connectivity index (χ2n) is 11.7. The molecule has 0 aliphatic heterocycles. The van der Waals surface area contributed by atoms with Crippen LogP contribution < -0.4 is 0 Å². The second-order valence-corrected chi connectivity index (χ2v) is 11.7. The quantitative estimate of drug-likeness (QED) is 0.267. The van der Waals surface area contributed by atoms with Crippen LogP contribution in [0.25, 0.3) is 27.8 Å². The summed E-state index contributed by atoms with van der Waals surface area (Å²) in [6.07, 6.45) is 11.9. The van der Waals surface area contributed by atoms with Gasteiger partial charge >= 0.3 is 0 Å². The number of hydrogen-bond donors (Lipinski definition) is 0. The fraction of sp³-hybridized carbons (Fsp3) is 0.375. The molecule has 0 bridgehead atoms. The van der Waals surface area contributed by atoms with Gasteiger partial charge in [0.15, 0.2) is 0 Å². The normalized spacial score (nSPS) is 29.2. The molecule has 0 radical (unpaired) electrons. The minimum absolute atomic E-state index is 0.359. The SMILES string of the molecule is C[C@]12CC[C@@H]3c4ccc(-n5cnc6ccccc65)cc4CC[C@H]3[C@@H]1CCC2n1cnc2ccccc21. The zero-order chi connectivity index (χ0) is 23.9. The lowest BCUT2D eigenvalue weighted by atomic mass is 9.55. The van der Waals surface area contributed by atoms with Crippen LogP contribution in [-0.4, -0.2) is 19.1 Å². The van der Waals surface area contributed by atoms with E-state index < -0.39 is 0 Å². The number of hydrogen-bond acceptors (Lipinski definition) is 2. The molecule has 2 heterocycles. The number of rotatable bonds is 2. The number of para-hydroxylation sites is 4. The van der Waals surface area contributed by atoms with Gasteiger partial charge in [0.1, 0.15) is 6.33 Å². The van der Waals surface area contributed by atoms with Crippen LogP contribution in [0.4, 0.5) is 0 Å². The van der Waals surface area contributed by atoms with Gasteiger partial charge in [0.05, 0.1) is 28.4 Å². The molecule has 2 saturated carbocycles. The maximum atomic E-state index is 4.75. The number of benzene rings is 3. The summed E-state index contributed by atoms with van der Waals surface area (Å²) < 4.78 is 4.77. The summed E-state index contributed by atoms with van der Waals surface area (Å²) in [5, 5.41) is 0. The number of fused-ring (bicyclic) bond motifs is 7. The predicted octanol–water partition coefficient (Wildman–Crippen LogP) is 7.47. The summed E-state index contributed by atoms with van der Waals surface area (Å²) in [5.74, 6) is 2.31. The van der Waals surface area contributed by atoms with E-state index in [1.807, 2.05) is 6.33 Å². The first kappa shape index (κ1) is 20.8. The average molecular weight is 473 g/mol. The third kappa shape index (κ3) is 2.81. The van der Waals surface area contributed by atoms with Crippen LogP contribution in [0.15, 0.2) is 79.4 Å². The number of aromatic nitrogens is 4. The van der Waals surface area contributed by atoms with Crippen molar-refractivity contribution in [2.45, 2.75) is 57.4 Å². The molecule has 1 unspecified atom stereocenters. The van der Waals surface area contributed by atoms with Gasteiger partial charge in [0.2, 0.25) is 0 Å². The largest absolute Gasteiger partial charge is 0.327 e. The van der Waals surface area contributed by atoms with Crippen LogP contribution in [-0.2, 0) is 6.42 Å². The Morgan fingerprint density at radius 3 is 2.47 bits per heavy atom. The van der Waals surface area contributed by atoms with Gasteiger partial charge in [-0.15, -0.1) is 0 Å². The van der Waals surface area contributed by atoms with Gasteiger partial charge in [-0.1, -0.05) is 37.3 Å². The van der Waals surface area contributed by atoms with Gasteiger partial charge in [0, 0.05) is 11.7 Å². The summed E-state index contributed by atoms with van der Waals surface area (Å²) in [5.41, 5.74) is 9.47. The molecule has 8 rings (SSSR count). The van der Waals surface area contributed by atoms with E-state index in [0.29, 0.717) is 17.4 Å². The van der Waals surface area contributed by atoms with Crippen molar-refractivity contribution in [2.24, 2.45) is 17.3 Å². The van der Waals surface area contributed by atoms with Crippen LogP contribution in [0.3, 0.4) is 0 Å². The summed E-state index contributed by atoms with van der Waals surface area (Å²) in [7, 11) is 0. The average Bonchev–Trinajstić information content (AvgIpc) is 3.62. The van der Waals surface area contributed by atoms with Crippen molar-refractivity contribution in [2.75, 3.05) is 0 Å². The van der Waals surface area contributed by atoms with Crippen LogP contribution >= 0.6 is 0 Å². The Morgan fingerprint density at radius 1 is 0.806 bits per heavy atom. The lowest BCUT2D eigenvalue weighted by Crippen LogP contribution is -2.42. The number of nitrogens with zero attached hydrogens (tertiary/aromatic N) is 4. The van der Waals surface area contributed by atoms with E-state index in [-0.39, 0.29) is 0 Å². The molecule has 3 aliphatic rings. The highest BCUT2D eigenvalue weighted by Crippen LogP contribution is 2.64. The molecule has 5 aromatic rings. The van der Waals surface area contributed by atoms with E-state index in [1.54, 1.807) is 11.1 Å². The lowest BCUT2D eigenvalue weighted by molar-refractivity contribution is 0.0332. The minimum Gasteiger partial charge on any atom is -0.327 e. The first-order chi connectivity index (χ1) is 17.7. The van der Waals surface area contributed by atoms with Gasteiger partial charge in [-0.3, -0.25) is 4.57 Å². The Balaban J connectivity index is 1.12. The molecular formula is C32H32N4. The lowest BCUT2D eigenvalue weighted by Gasteiger charge is -2.51. The Labute approximate surface area is 212 Å². The molecule has 180 valence electrons. The van der Waals surface area contributed by atoms with Gasteiger partial charge in [-0.25, -0.2) is 9.97 Å². The van der Waals surface area contributed by atoms with Crippen molar-refractivity contribution in [3.63, 3.8) is 0 Å². The number of imidazole rings is 2. The van der Waals surface area contributed by atoms with Crippen molar-refractivity contribution in [1.82, 2.24) is 19.1 Å². The Bertz CT molecular complexity index is 1610. The third-order valence-corrected chi connectivity index (χ3v) is 10.2. The minimum atomic E-state index is 0.359. The predicted molar refractivity (Wildman–Crippen MR) is 144 cm³/mol. The topological polar surface area (TPSA) is 35.6 Å². The van der Waals surface area contributed by atoms with Gasteiger partial charge in [-0.05, 0) is 109 Å². The molecule has 2 fully saturated rings. The number of aryl methyl sites for hydroxylation is 1. The Morgan fingerprint density at radius 2 is 1.58 bits per heavy atom. The summed E-state index contributed by atoms with van der Waals surface area (Å²) in [6.45, 7) is 2.60. The van der Waals surface area contributed by atoms with E-state index in [0.717, 1.165) is 22.9 Å². The molecule has 0 amide bonds. The van der Waals surface area contributed by atoms with Gasteiger partial charge in [0.25, 0.3) is 0 Å². The molecule has 36 heavy (non-hydrogen) atoms. The van der Waals surface area contributed by atoms with E-state index in [4.69, 9.17) is 4.98 Å². The first-order valence-electron chi connectivity index (χ1n) is 13.7. The van der Waals surface area contributed by atoms with Crippen LogP contribution in [0, 0.1) is 17.3 Å². The fourth-order valence-corrected chi connectivity index (χ4v) is 8.54. The highest BCUT2D eigenvalue weighted by atomic mass is 15.1. The van der Waals surface area contributed by atoms with Crippen molar-refractivity contribution < 1.29 is 0 Å². The molecule has 3 aromatic carbocycles. The van der Waals surface area contributed by atoms with Crippen molar-refractivity contribution >= 4 is 22.1 Å². The second kappa shape index (κ2) is 7.55. The highest BCUT2D eigenvalue weighted by Gasteiger charge is 2.55. The van der Waals surface area contributed by atoms with Gasteiger partial charge in [-0.2, -0.15) is 0 Å². The Hall–Kier alpha value is -3.40. The monoisotopic (exact) mass is 472 g/mol. The standard InChI is InChI=1S/C32H32N4/c1-32-17-16-24-23-13-11-22(35-19-33-27-6-2-4-8-29(27)35)18-21(23)10-12-25(24)26(32)14-15-31(32)36-20-34-28-7-3-5-9-30(28)36/h2-9,11,13,18-20,24-26,31H,10,12,14-17H2,1H3/t24-,25-,26+,31?,32+/m1/s1. The fourth-order valence-electron chi connectivity index (χ4n) is 8.54. The van der Waals surface area contributed by atoms with Crippen LogP contribution in [0.2, 0.25) is 0 Å². The molecule has 3 aliphatic carbocycles. The molecule has 4 nitrogen and oxygen atoms in total. The molecule has 0 N–H and O–H groups in total. The smallest absolute Gasteiger partial charge is 0.100 e. The maximum Gasteiger partial charge on any atom is 0.100 e. The van der Waals surface area contributed by atoms with E-state index in [9.17, 15) is 0 Å². The molecule has 2 aromatic heterocycles. The van der Waals surface area contributed by atoms with E-state index >= 15 is 0 Å². The van der Waals surface area contributed by atoms with Gasteiger partial charge < -0.3 is 4.57 Å². The summed E-state index contributed by atoms with van der Waals surface area (Å²) in [6, 6.07) is 24.9. The first-order valence-corrected chi connectivity index (χ1v) is 13.7. The molecule has 0 saturated heterocycles. The molecular weight excluding hydrogens is 440 g/mol. The zero-order valence-electron chi connectivity index (χ0n) is 20.8. The molecule has 5 atom stereocenters. The van der Waals surface area contributed by atoms with Crippen molar-refractivity contribution in [3.05, 3.63) is 90.5 Å². The molecule has 0 spiro atoms. The van der Waals surface area contributed by atoms with Crippen LogP contribution in [0.5, 0.6) is 0 Å². The highest BCUT2D eigenvalue weighted by molar-refractivity contribution is 5.77. The van der Waals surface area contributed by atoms with Crippen LogP contribution in [0.1, 0.15) is 62.1 Å².